The number of hydrogen-bond acceptors (Lipinski definition) is 5. The lowest BCUT2D eigenvalue weighted by Crippen LogP contribution is -2.40. The molecular formula is C15H17NO3S2. The Morgan fingerprint density at radius 1 is 1.33 bits per heavy atom. The molecule has 112 valence electrons. The third-order valence-electron chi connectivity index (χ3n) is 3.71. The van der Waals surface area contributed by atoms with E-state index in [4.69, 9.17) is 4.18 Å². The van der Waals surface area contributed by atoms with Gasteiger partial charge >= 0.3 is 10.1 Å². The molecule has 6 heteroatoms. The van der Waals surface area contributed by atoms with E-state index in [-0.39, 0.29) is 4.90 Å². The zero-order valence-electron chi connectivity index (χ0n) is 11.7. The van der Waals surface area contributed by atoms with Crippen LogP contribution in [0.4, 0.5) is 0 Å². The van der Waals surface area contributed by atoms with Crippen molar-refractivity contribution in [1.29, 1.82) is 0 Å². The Balaban J connectivity index is 1.70. The number of nitrogens with one attached hydrogen (secondary N) is 1. The summed E-state index contributed by atoms with van der Waals surface area (Å²) >= 11 is 1.68. The van der Waals surface area contributed by atoms with Crippen molar-refractivity contribution in [1.82, 2.24) is 5.32 Å². The predicted molar refractivity (Wildman–Crippen MR) is 84.2 cm³/mol. The van der Waals surface area contributed by atoms with Crippen LogP contribution < -0.4 is 5.32 Å². The van der Waals surface area contributed by atoms with Crippen LogP contribution in [0, 0.1) is 6.92 Å². The van der Waals surface area contributed by atoms with Crippen molar-refractivity contribution in [2.75, 3.05) is 5.88 Å². The number of hydrogen-bond donors (Lipinski definition) is 1. The van der Waals surface area contributed by atoms with Gasteiger partial charge in [0.05, 0.1) is 0 Å². The Morgan fingerprint density at radius 3 is 2.76 bits per heavy atom. The molecule has 1 aliphatic carbocycles. The predicted octanol–water partition coefficient (Wildman–Crippen LogP) is 2.92. The molecule has 0 aromatic heterocycles. The van der Waals surface area contributed by atoms with Gasteiger partial charge in [0.25, 0.3) is 0 Å². The zero-order chi connectivity index (χ0) is 14.9. The fraction of sp³-hybridized carbons (Fsp3) is 0.333. The van der Waals surface area contributed by atoms with E-state index in [0.717, 1.165) is 29.2 Å². The summed E-state index contributed by atoms with van der Waals surface area (Å²) in [6, 6.07) is 7.10. The summed E-state index contributed by atoms with van der Waals surface area (Å²) in [6.45, 7) is 1.91. The van der Waals surface area contributed by atoms with Crippen LogP contribution in [0.3, 0.4) is 0 Å². The fourth-order valence-corrected chi connectivity index (χ4v) is 4.15. The number of fused-ring (bicyclic) bond motifs is 1. The molecule has 1 N–H and O–H groups in total. The molecule has 0 bridgehead atoms. The number of benzene rings is 1. The standard InChI is InChI=1S/C15H17NO3S2/c1-11-2-4-12(5-3-11)21(17,18)19-9-8-15-13-6-7-14(13)16-10-20-15/h2-5,8-9,14,16H,6-7,10H2,1H3. The molecule has 0 radical (unpaired) electrons. The molecule has 1 unspecified atom stereocenters. The first-order valence-corrected chi connectivity index (χ1v) is 9.21. The van der Waals surface area contributed by atoms with Gasteiger partial charge < -0.3 is 9.50 Å². The number of allylic oxidation sites excluding steroid dienone is 1. The average Bonchev–Trinajstić information content (AvgIpc) is 2.41. The van der Waals surface area contributed by atoms with Crippen LogP contribution in [0.2, 0.25) is 0 Å². The lowest BCUT2D eigenvalue weighted by molar-refractivity contribution is 0.442. The van der Waals surface area contributed by atoms with E-state index in [1.807, 2.05) is 6.92 Å². The molecule has 1 aromatic rings. The molecular weight excluding hydrogens is 306 g/mol. The summed E-state index contributed by atoms with van der Waals surface area (Å²) in [5.41, 5.74) is 2.37. The van der Waals surface area contributed by atoms with Crippen LogP contribution in [0.1, 0.15) is 18.4 Å². The van der Waals surface area contributed by atoms with Gasteiger partial charge in [0, 0.05) is 16.8 Å². The number of rotatable bonds is 4. The Bertz CT molecular complexity index is 690. The quantitative estimate of drug-likeness (QED) is 0.682. The highest BCUT2D eigenvalue weighted by atomic mass is 32.2. The van der Waals surface area contributed by atoms with E-state index in [1.165, 1.54) is 11.8 Å². The number of thioether (sulfide) groups is 1. The lowest BCUT2D eigenvalue weighted by atomic mass is 9.85. The van der Waals surface area contributed by atoms with E-state index in [9.17, 15) is 8.42 Å². The molecule has 21 heavy (non-hydrogen) atoms. The van der Waals surface area contributed by atoms with E-state index in [2.05, 4.69) is 5.32 Å². The molecule has 4 nitrogen and oxygen atoms in total. The summed E-state index contributed by atoms with van der Waals surface area (Å²) in [5.74, 6) is 0.860. The average molecular weight is 323 g/mol. The monoisotopic (exact) mass is 323 g/mol. The summed E-state index contributed by atoms with van der Waals surface area (Å²) in [6.07, 6.45) is 5.29. The van der Waals surface area contributed by atoms with Gasteiger partial charge in [-0.3, -0.25) is 0 Å². The van der Waals surface area contributed by atoms with Gasteiger partial charge in [0.1, 0.15) is 11.2 Å². The molecule has 0 spiro atoms. The second kappa shape index (κ2) is 5.87. The summed E-state index contributed by atoms with van der Waals surface area (Å²) in [7, 11) is -3.73. The zero-order valence-corrected chi connectivity index (χ0v) is 13.3. The molecule has 1 aliphatic heterocycles. The van der Waals surface area contributed by atoms with Crippen LogP contribution in [-0.4, -0.2) is 20.3 Å². The maximum Gasteiger partial charge on any atom is 0.338 e. The number of aryl methyl sites for hydroxylation is 1. The van der Waals surface area contributed by atoms with Gasteiger partial charge in [-0.25, -0.2) is 0 Å². The molecule has 2 aliphatic rings. The highest BCUT2D eigenvalue weighted by Gasteiger charge is 2.29. The van der Waals surface area contributed by atoms with Gasteiger partial charge in [0.2, 0.25) is 0 Å². The molecule has 1 heterocycles. The molecule has 3 rings (SSSR count). The Hall–Kier alpha value is -1.24. The van der Waals surface area contributed by atoms with Crippen LogP contribution in [-0.2, 0) is 14.3 Å². The van der Waals surface area contributed by atoms with Crippen molar-refractivity contribution in [3.63, 3.8) is 0 Å². The molecule has 1 fully saturated rings. The minimum Gasteiger partial charge on any atom is -0.387 e. The van der Waals surface area contributed by atoms with Crippen LogP contribution in [0.5, 0.6) is 0 Å². The molecule has 1 aromatic carbocycles. The van der Waals surface area contributed by atoms with Crippen molar-refractivity contribution >= 4 is 21.9 Å². The van der Waals surface area contributed by atoms with E-state index in [0.29, 0.717) is 6.04 Å². The third-order valence-corrected chi connectivity index (χ3v) is 5.94. The van der Waals surface area contributed by atoms with Gasteiger partial charge in [0.15, 0.2) is 0 Å². The van der Waals surface area contributed by atoms with Gasteiger partial charge in [-0.1, -0.05) is 17.7 Å². The first-order valence-electron chi connectivity index (χ1n) is 6.82. The minimum atomic E-state index is -3.73. The van der Waals surface area contributed by atoms with Gasteiger partial charge in [-0.15, -0.1) is 11.8 Å². The first kappa shape index (κ1) is 14.7. The van der Waals surface area contributed by atoms with Crippen LogP contribution in [0.25, 0.3) is 0 Å². The van der Waals surface area contributed by atoms with E-state index < -0.39 is 10.1 Å². The first-order chi connectivity index (χ1) is 10.1. The van der Waals surface area contributed by atoms with Crippen molar-refractivity contribution < 1.29 is 12.6 Å². The molecule has 1 atom stereocenters. The summed E-state index contributed by atoms with van der Waals surface area (Å²) in [4.78, 5) is 1.30. The second-order valence-electron chi connectivity index (χ2n) is 5.14. The van der Waals surface area contributed by atoms with Crippen molar-refractivity contribution in [2.24, 2.45) is 0 Å². The second-order valence-corrected chi connectivity index (χ2v) is 7.73. The maximum atomic E-state index is 12.0. The van der Waals surface area contributed by atoms with Crippen molar-refractivity contribution in [2.45, 2.75) is 30.7 Å². The highest BCUT2D eigenvalue weighted by Crippen LogP contribution is 2.38. The van der Waals surface area contributed by atoms with Gasteiger partial charge in [-0.05, 0) is 43.5 Å². The summed E-state index contributed by atoms with van der Waals surface area (Å²) < 4.78 is 29.1. The third kappa shape index (κ3) is 3.17. The van der Waals surface area contributed by atoms with Crippen LogP contribution in [0.15, 0.2) is 52.0 Å². The largest absolute Gasteiger partial charge is 0.387 e. The van der Waals surface area contributed by atoms with Crippen molar-refractivity contribution in [3.05, 3.63) is 52.6 Å². The lowest BCUT2D eigenvalue weighted by Gasteiger charge is -2.36. The summed E-state index contributed by atoms with van der Waals surface area (Å²) in [5, 5.41) is 3.40. The normalized spacial score (nSPS) is 22.0. The van der Waals surface area contributed by atoms with E-state index >= 15 is 0 Å². The Labute approximate surface area is 129 Å². The van der Waals surface area contributed by atoms with E-state index in [1.54, 1.807) is 42.1 Å². The van der Waals surface area contributed by atoms with Crippen molar-refractivity contribution in [3.8, 4) is 0 Å². The van der Waals surface area contributed by atoms with Crippen LogP contribution >= 0.6 is 11.8 Å². The molecule has 1 saturated carbocycles. The fourth-order valence-electron chi connectivity index (χ4n) is 2.34. The topological polar surface area (TPSA) is 55.4 Å². The smallest absolute Gasteiger partial charge is 0.338 e. The maximum absolute atomic E-state index is 12.0. The minimum absolute atomic E-state index is 0.176. The highest BCUT2D eigenvalue weighted by molar-refractivity contribution is 8.03. The SMILES string of the molecule is Cc1ccc(S(=O)(=O)OC=CC2=C3CCC3NCS2)cc1. The Kier molecular flexibility index (Phi) is 4.10. The molecule has 0 amide bonds. The molecule has 0 saturated heterocycles. The Morgan fingerprint density at radius 2 is 2.10 bits per heavy atom. The van der Waals surface area contributed by atoms with Gasteiger partial charge in [-0.2, -0.15) is 8.42 Å².